The molecule has 21 heavy (non-hydrogen) atoms. The molecule has 0 aliphatic carbocycles. The first-order valence-electron chi connectivity index (χ1n) is 7.44. The summed E-state index contributed by atoms with van der Waals surface area (Å²) < 4.78 is 13.4. The van der Waals surface area contributed by atoms with E-state index in [0.29, 0.717) is 0 Å². The van der Waals surface area contributed by atoms with Crippen LogP contribution in [-0.4, -0.2) is 42.0 Å². The Bertz CT molecular complexity index is 507. The van der Waals surface area contributed by atoms with E-state index in [9.17, 15) is 9.65 Å². The Morgan fingerprint density at radius 1 is 1.33 bits per heavy atom. The molecule has 1 aromatic rings. The standard InChI is InChI=1S/C16H21ClFN3/c1-2-3-14(11-19)21-8-6-20(7-9-21)12-13-4-5-15(17)16(18)10-13/h4-5,10,14H,2-3,6-9,12H2,1H3. The van der Waals surface area contributed by atoms with Crippen LogP contribution in [0.25, 0.3) is 0 Å². The average molecular weight is 310 g/mol. The van der Waals surface area contributed by atoms with Crippen LogP contribution in [0.15, 0.2) is 18.2 Å². The third-order valence-electron chi connectivity index (χ3n) is 3.95. The maximum atomic E-state index is 13.4. The molecule has 1 atom stereocenters. The Balaban J connectivity index is 1.86. The van der Waals surface area contributed by atoms with Gasteiger partial charge in [0.25, 0.3) is 0 Å². The van der Waals surface area contributed by atoms with Gasteiger partial charge in [-0.2, -0.15) is 5.26 Å². The van der Waals surface area contributed by atoms with Crippen LogP contribution in [0.2, 0.25) is 5.02 Å². The minimum Gasteiger partial charge on any atom is -0.297 e. The zero-order valence-corrected chi connectivity index (χ0v) is 13.1. The second-order valence-electron chi connectivity index (χ2n) is 5.49. The smallest absolute Gasteiger partial charge is 0.142 e. The van der Waals surface area contributed by atoms with Gasteiger partial charge in [0.1, 0.15) is 5.82 Å². The fourth-order valence-electron chi connectivity index (χ4n) is 2.73. The molecule has 0 bridgehead atoms. The minimum atomic E-state index is -0.361. The first-order chi connectivity index (χ1) is 10.1. The molecule has 0 N–H and O–H groups in total. The molecule has 1 unspecified atom stereocenters. The second-order valence-corrected chi connectivity index (χ2v) is 5.90. The summed E-state index contributed by atoms with van der Waals surface area (Å²) in [5, 5.41) is 9.37. The maximum Gasteiger partial charge on any atom is 0.142 e. The molecule has 0 radical (unpaired) electrons. The van der Waals surface area contributed by atoms with E-state index >= 15 is 0 Å². The summed E-state index contributed by atoms with van der Waals surface area (Å²) in [6.07, 6.45) is 1.96. The van der Waals surface area contributed by atoms with Crippen molar-refractivity contribution in [1.29, 1.82) is 5.26 Å². The van der Waals surface area contributed by atoms with Crippen LogP contribution in [0.1, 0.15) is 25.3 Å². The predicted molar refractivity (Wildman–Crippen MR) is 82.6 cm³/mol. The molecule has 3 nitrogen and oxygen atoms in total. The van der Waals surface area contributed by atoms with Gasteiger partial charge in [-0.1, -0.05) is 31.0 Å². The van der Waals surface area contributed by atoms with Crippen molar-refractivity contribution >= 4 is 11.6 Å². The highest BCUT2D eigenvalue weighted by Gasteiger charge is 2.23. The lowest BCUT2D eigenvalue weighted by Crippen LogP contribution is -2.49. The average Bonchev–Trinajstić information content (AvgIpc) is 2.49. The third kappa shape index (κ3) is 4.41. The summed E-state index contributed by atoms with van der Waals surface area (Å²) in [5.41, 5.74) is 0.941. The molecule has 1 aromatic carbocycles. The summed E-state index contributed by atoms with van der Waals surface area (Å²) >= 11 is 5.70. The molecule has 1 heterocycles. The van der Waals surface area contributed by atoms with E-state index in [1.165, 1.54) is 6.07 Å². The summed E-state index contributed by atoms with van der Waals surface area (Å²) in [6, 6.07) is 7.41. The molecule has 5 heteroatoms. The second kappa shape index (κ2) is 7.74. The molecule has 2 rings (SSSR count). The molecule has 1 aliphatic rings. The first-order valence-corrected chi connectivity index (χ1v) is 7.81. The fraction of sp³-hybridized carbons (Fsp3) is 0.562. The third-order valence-corrected chi connectivity index (χ3v) is 4.26. The first kappa shape index (κ1) is 16.2. The van der Waals surface area contributed by atoms with Gasteiger partial charge in [-0.15, -0.1) is 0 Å². The number of rotatable bonds is 5. The zero-order valence-electron chi connectivity index (χ0n) is 12.4. The Morgan fingerprint density at radius 3 is 2.62 bits per heavy atom. The molecule has 0 aromatic heterocycles. The van der Waals surface area contributed by atoms with E-state index in [1.807, 2.05) is 6.07 Å². The van der Waals surface area contributed by atoms with Crippen LogP contribution in [0.5, 0.6) is 0 Å². The summed E-state index contributed by atoms with van der Waals surface area (Å²) in [6.45, 7) is 6.45. The fourth-order valence-corrected chi connectivity index (χ4v) is 2.85. The van der Waals surface area contributed by atoms with E-state index in [2.05, 4.69) is 22.8 Å². The van der Waals surface area contributed by atoms with Crippen LogP contribution in [0.4, 0.5) is 4.39 Å². The normalized spacial score (nSPS) is 18.4. The number of hydrogen-bond donors (Lipinski definition) is 0. The minimum absolute atomic E-state index is 0.0325. The van der Waals surface area contributed by atoms with Crippen LogP contribution >= 0.6 is 11.6 Å². The van der Waals surface area contributed by atoms with Gasteiger partial charge in [0.05, 0.1) is 17.1 Å². The van der Waals surface area contributed by atoms with Crippen molar-refractivity contribution in [3.8, 4) is 6.07 Å². The van der Waals surface area contributed by atoms with Crippen molar-refractivity contribution in [2.45, 2.75) is 32.4 Å². The molecular formula is C16H21ClFN3. The highest BCUT2D eigenvalue weighted by Crippen LogP contribution is 2.18. The highest BCUT2D eigenvalue weighted by atomic mass is 35.5. The number of halogens is 2. The summed E-state index contributed by atoms with van der Waals surface area (Å²) in [7, 11) is 0. The molecule has 114 valence electrons. The van der Waals surface area contributed by atoms with Crippen LogP contribution in [0.3, 0.4) is 0 Å². The Labute approximate surface area is 130 Å². The molecule has 0 amide bonds. The van der Waals surface area contributed by atoms with E-state index < -0.39 is 0 Å². The van der Waals surface area contributed by atoms with E-state index in [4.69, 9.17) is 11.6 Å². The van der Waals surface area contributed by atoms with Gasteiger partial charge in [-0.05, 0) is 24.1 Å². The van der Waals surface area contributed by atoms with Crippen LogP contribution in [-0.2, 0) is 6.54 Å². The van der Waals surface area contributed by atoms with Crippen molar-refractivity contribution in [3.05, 3.63) is 34.6 Å². The maximum absolute atomic E-state index is 13.4. The molecule has 1 aliphatic heterocycles. The number of piperazine rings is 1. The summed E-state index contributed by atoms with van der Waals surface area (Å²) in [4.78, 5) is 4.54. The predicted octanol–water partition coefficient (Wildman–Crippen LogP) is 3.29. The van der Waals surface area contributed by atoms with Gasteiger partial charge >= 0.3 is 0 Å². The van der Waals surface area contributed by atoms with Crippen molar-refractivity contribution in [2.75, 3.05) is 26.2 Å². The van der Waals surface area contributed by atoms with Crippen molar-refractivity contribution < 1.29 is 4.39 Å². The van der Waals surface area contributed by atoms with Gasteiger partial charge in [0.2, 0.25) is 0 Å². The number of nitriles is 1. The van der Waals surface area contributed by atoms with Crippen LogP contribution in [0, 0.1) is 17.1 Å². The molecular weight excluding hydrogens is 289 g/mol. The lowest BCUT2D eigenvalue weighted by atomic mass is 10.1. The van der Waals surface area contributed by atoms with Crippen LogP contribution < -0.4 is 0 Å². The lowest BCUT2D eigenvalue weighted by Gasteiger charge is -2.36. The quantitative estimate of drug-likeness (QED) is 0.836. The van der Waals surface area contributed by atoms with Gasteiger partial charge in [-0.3, -0.25) is 9.80 Å². The van der Waals surface area contributed by atoms with Gasteiger partial charge < -0.3 is 0 Å². The topological polar surface area (TPSA) is 30.3 Å². The molecule has 1 saturated heterocycles. The Kier molecular flexibility index (Phi) is 5.98. The van der Waals surface area contributed by atoms with E-state index in [0.717, 1.165) is 51.1 Å². The van der Waals surface area contributed by atoms with E-state index in [-0.39, 0.29) is 16.9 Å². The highest BCUT2D eigenvalue weighted by molar-refractivity contribution is 6.30. The molecule has 0 saturated carbocycles. The monoisotopic (exact) mass is 309 g/mol. The van der Waals surface area contributed by atoms with Gasteiger partial charge in [0.15, 0.2) is 0 Å². The SMILES string of the molecule is CCCC(C#N)N1CCN(Cc2ccc(Cl)c(F)c2)CC1. The Hall–Kier alpha value is -1.15. The summed E-state index contributed by atoms with van der Waals surface area (Å²) in [5.74, 6) is -0.361. The lowest BCUT2D eigenvalue weighted by molar-refractivity contribution is 0.106. The molecule has 0 spiro atoms. The van der Waals surface area contributed by atoms with E-state index in [1.54, 1.807) is 6.07 Å². The van der Waals surface area contributed by atoms with Gasteiger partial charge in [-0.25, -0.2) is 4.39 Å². The van der Waals surface area contributed by atoms with Crippen molar-refractivity contribution in [1.82, 2.24) is 9.80 Å². The zero-order chi connectivity index (χ0) is 15.2. The van der Waals surface area contributed by atoms with Crippen molar-refractivity contribution in [3.63, 3.8) is 0 Å². The largest absolute Gasteiger partial charge is 0.297 e. The van der Waals surface area contributed by atoms with Crippen molar-refractivity contribution in [2.24, 2.45) is 0 Å². The Morgan fingerprint density at radius 2 is 2.05 bits per heavy atom. The number of hydrogen-bond acceptors (Lipinski definition) is 3. The van der Waals surface area contributed by atoms with Gasteiger partial charge in [0, 0.05) is 32.7 Å². The number of nitrogens with zero attached hydrogens (tertiary/aromatic N) is 3. The number of benzene rings is 1. The molecule has 1 fully saturated rings.